The van der Waals surface area contributed by atoms with Crippen LogP contribution in [0.3, 0.4) is 0 Å². The number of nitriles is 1. The molecular formula is C15H20FN3. The number of nitrogens with zero attached hydrogens (tertiary/aromatic N) is 2. The summed E-state index contributed by atoms with van der Waals surface area (Å²) in [7, 11) is 0. The van der Waals surface area contributed by atoms with E-state index in [2.05, 4.69) is 11.8 Å². The maximum absolute atomic E-state index is 13.9. The molecule has 0 saturated carbocycles. The van der Waals surface area contributed by atoms with Gasteiger partial charge in [0.25, 0.3) is 0 Å². The highest BCUT2D eigenvalue weighted by Crippen LogP contribution is 2.25. The summed E-state index contributed by atoms with van der Waals surface area (Å²) in [5.41, 5.74) is 6.85. The van der Waals surface area contributed by atoms with E-state index in [1.165, 1.54) is 12.5 Å². The number of piperidine rings is 1. The zero-order valence-electron chi connectivity index (χ0n) is 11.3. The first-order valence-corrected chi connectivity index (χ1v) is 6.78. The van der Waals surface area contributed by atoms with E-state index in [0.29, 0.717) is 36.2 Å². The van der Waals surface area contributed by atoms with Crippen molar-refractivity contribution in [1.82, 2.24) is 4.90 Å². The molecule has 2 atom stereocenters. The van der Waals surface area contributed by atoms with Crippen LogP contribution in [0.1, 0.15) is 30.9 Å². The zero-order valence-corrected chi connectivity index (χ0v) is 11.3. The quantitative estimate of drug-likeness (QED) is 0.908. The SMILES string of the molecule is CC1CCCN(Cc2ccc(C#N)cc2F)C1CN. The first-order valence-electron chi connectivity index (χ1n) is 6.78. The Labute approximate surface area is 113 Å². The van der Waals surface area contributed by atoms with Gasteiger partial charge in [0.05, 0.1) is 11.6 Å². The average molecular weight is 261 g/mol. The van der Waals surface area contributed by atoms with Gasteiger partial charge in [-0.2, -0.15) is 5.26 Å². The van der Waals surface area contributed by atoms with Crippen LogP contribution < -0.4 is 5.73 Å². The molecule has 102 valence electrons. The largest absolute Gasteiger partial charge is 0.329 e. The zero-order chi connectivity index (χ0) is 13.8. The van der Waals surface area contributed by atoms with Crippen LogP contribution in [-0.2, 0) is 6.54 Å². The van der Waals surface area contributed by atoms with Crippen LogP contribution in [0, 0.1) is 23.1 Å². The van der Waals surface area contributed by atoms with Gasteiger partial charge in [-0.05, 0) is 37.4 Å². The molecule has 0 amide bonds. The molecule has 1 aliphatic heterocycles. The fourth-order valence-corrected chi connectivity index (χ4v) is 2.88. The normalized spacial score (nSPS) is 24.1. The lowest BCUT2D eigenvalue weighted by atomic mass is 9.90. The monoisotopic (exact) mass is 261 g/mol. The number of likely N-dealkylation sites (tertiary alicyclic amines) is 1. The van der Waals surface area contributed by atoms with Crippen LogP contribution in [0.5, 0.6) is 0 Å². The molecule has 1 aliphatic rings. The highest BCUT2D eigenvalue weighted by Gasteiger charge is 2.27. The third-order valence-electron chi connectivity index (χ3n) is 4.03. The van der Waals surface area contributed by atoms with E-state index < -0.39 is 0 Å². The second kappa shape index (κ2) is 6.14. The fraction of sp³-hybridized carbons (Fsp3) is 0.533. The minimum absolute atomic E-state index is 0.298. The molecule has 2 rings (SSSR count). The minimum Gasteiger partial charge on any atom is -0.329 e. The number of hydrogen-bond donors (Lipinski definition) is 1. The Kier molecular flexibility index (Phi) is 4.52. The maximum atomic E-state index is 13.9. The van der Waals surface area contributed by atoms with Crippen molar-refractivity contribution in [1.29, 1.82) is 5.26 Å². The molecule has 3 nitrogen and oxygen atoms in total. The molecule has 1 aromatic rings. The van der Waals surface area contributed by atoms with Gasteiger partial charge in [0.2, 0.25) is 0 Å². The molecule has 0 bridgehead atoms. The molecule has 1 fully saturated rings. The molecular weight excluding hydrogens is 241 g/mol. The summed E-state index contributed by atoms with van der Waals surface area (Å²) in [4.78, 5) is 2.26. The molecule has 4 heteroatoms. The van der Waals surface area contributed by atoms with Crippen LogP contribution in [0.2, 0.25) is 0 Å². The van der Waals surface area contributed by atoms with Crippen molar-refractivity contribution in [3.8, 4) is 6.07 Å². The average Bonchev–Trinajstić information content (AvgIpc) is 2.41. The van der Waals surface area contributed by atoms with Gasteiger partial charge in [0.15, 0.2) is 0 Å². The number of hydrogen-bond acceptors (Lipinski definition) is 3. The van der Waals surface area contributed by atoms with Gasteiger partial charge in [-0.15, -0.1) is 0 Å². The number of rotatable bonds is 3. The highest BCUT2D eigenvalue weighted by atomic mass is 19.1. The van der Waals surface area contributed by atoms with E-state index in [-0.39, 0.29) is 5.82 Å². The van der Waals surface area contributed by atoms with Crippen molar-refractivity contribution in [3.05, 3.63) is 35.1 Å². The van der Waals surface area contributed by atoms with E-state index >= 15 is 0 Å². The van der Waals surface area contributed by atoms with Gasteiger partial charge in [0.1, 0.15) is 5.82 Å². The fourth-order valence-electron chi connectivity index (χ4n) is 2.88. The molecule has 1 saturated heterocycles. The number of nitrogens with two attached hydrogens (primary N) is 1. The topological polar surface area (TPSA) is 53.0 Å². The van der Waals surface area contributed by atoms with Crippen LogP contribution in [0.4, 0.5) is 4.39 Å². The second-order valence-electron chi connectivity index (χ2n) is 5.31. The molecule has 0 aliphatic carbocycles. The van der Waals surface area contributed by atoms with Gasteiger partial charge >= 0.3 is 0 Å². The maximum Gasteiger partial charge on any atom is 0.129 e. The summed E-state index contributed by atoms with van der Waals surface area (Å²) in [5, 5.41) is 8.75. The summed E-state index contributed by atoms with van der Waals surface area (Å²) in [5.74, 6) is 0.258. The highest BCUT2D eigenvalue weighted by molar-refractivity contribution is 5.32. The van der Waals surface area contributed by atoms with Crippen molar-refractivity contribution >= 4 is 0 Å². The van der Waals surface area contributed by atoms with Crippen molar-refractivity contribution in [2.45, 2.75) is 32.4 Å². The Balaban J connectivity index is 2.14. The Hall–Kier alpha value is -1.44. The van der Waals surface area contributed by atoms with Crippen molar-refractivity contribution in [2.24, 2.45) is 11.7 Å². The molecule has 0 aromatic heterocycles. The Bertz CT molecular complexity index is 481. The van der Waals surface area contributed by atoms with Crippen LogP contribution in [-0.4, -0.2) is 24.0 Å². The third-order valence-corrected chi connectivity index (χ3v) is 4.03. The van der Waals surface area contributed by atoms with Crippen LogP contribution in [0.15, 0.2) is 18.2 Å². The summed E-state index contributed by atoms with van der Waals surface area (Å²) in [6, 6.07) is 6.96. The molecule has 0 spiro atoms. The molecule has 19 heavy (non-hydrogen) atoms. The standard InChI is InChI=1S/C15H20FN3/c1-11-3-2-6-19(15(11)9-18)10-13-5-4-12(8-17)7-14(13)16/h4-5,7,11,15H,2-3,6,9-10,18H2,1H3. The molecule has 2 N–H and O–H groups in total. The summed E-state index contributed by atoms with van der Waals surface area (Å²) >= 11 is 0. The number of benzene rings is 1. The smallest absolute Gasteiger partial charge is 0.129 e. The Morgan fingerprint density at radius 1 is 1.53 bits per heavy atom. The van der Waals surface area contributed by atoms with Gasteiger partial charge in [-0.25, -0.2) is 4.39 Å². The third kappa shape index (κ3) is 3.12. The van der Waals surface area contributed by atoms with Crippen LogP contribution >= 0.6 is 0 Å². The minimum atomic E-state index is -0.298. The lowest BCUT2D eigenvalue weighted by Crippen LogP contribution is -2.48. The molecule has 1 heterocycles. The van der Waals surface area contributed by atoms with E-state index in [0.717, 1.165) is 13.0 Å². The first kappa shape index (κ1) is 14.0. The van der Waals surface area contributed by atoms with Crippen molar-refractivity contribution < 1.29 is 4.39 Å². The van der Waals surface area contributed by atoms with Crippen molar-refractivity contribution in [2.75, 3.05) is 13.1 Å². The number of halogens is 1. The predicted molar refractivity (Wildman–Crippen MR) is 72.8 cm³/mol. The van der Waals surface area contributed by atoms with Crippen LogP contribution in [0.25, 0.3) is 0 Å². The van der Waals surface area contributed by atoms with Gasteiger partial charge in [0, 0.05) is 24.7 Å². The molecule has 2 unspecified atom stereocenters. The van der Waals surface area contributed by atoms with E-state index in [4.69, 9.17) is 11.0 Å². The van der Waals surface area contributed by atoms with Gasteiger partial charge < -0.3 is 5.73 Å². The van der Waals surface area contributed by atoms with Gasteiger partial charge in [-0.1, -0.05) is 13.0 Å². The van der Waals surface area contributed by atoms with Crippen molar-refractivity contribution in [3.63, 3.8) is 0 Å². The summed E-state index contributed by atoms with van der Waals surface area (Å²) in [6.45, 7) is 4.35. The predicted octanol–water partition coefficient (Wildman–Crippen LogP) is 2.26. The lowest BCUT2D eigenvalue weighted by Gasteiger charge is -2.39. The first-order chi connectivity index (χ1) is 9.15. The lowest BCUT2D eigenvalue weighted by molar-refractivity contribution is 0.0979. The summed E-state index contributed by atoms with van der Waals surface area (Å²) < 4.78 is 13.9. The second-order valence-corrected chi connectivity index (χ2v) is 5.31. The molecule has 1 aromatic carbocycles. The van der Waals surface area contributed by atoms with Gasteiger partial charge in [-0.3, -0.25) is 4.90 Å². The Morgan fingerprint density at radius 2 is 2.32 bits per heavy atom. The van der Waals surface area contributed by atoms with E-state index in [1.54, 1.807) is 12.1 Å². The Morgan fingerprint density at radius 3 is 2.95 bits per heavy atom. The molecule has 0 radical (unpaired) electrons. The summed E-state index contributed by atoms with van der Waals surface area (Å²) in [6.07, 6.45) is 2.32. The van der Waals surface area contributed by atoms with E-state index in [1.807, 2.05) is 6.07 Å². The van der Waals surface area contributed by atoms with E-state index in [9.17, 15) is 4.39 Å².